The van der Waals surface area contributed by atoms with Gasteiger partial charge < -0.3 is 5.73 Å². The molecule has 114 valence electrons. The standard InChI is InChI=1S/C16H22N2O2S/c1-18(21(19,20)16-10-4-5-11-16)13-15-8-3-2-7-14(15)9-6-12-17/h2-3,7-8,16H,4-5,10-13,17H2,1H3. The predicted molar refractivity (Wildman–Crippen MR) is 85.0 cm³/mol. The zero-order valence-electron chi connectivity index (χ0n) is 12.4. The van der Waals surface area contributed by atoms with E-state index < -0.39 is 10.0 Å². The molecule has 1 aliphatic carbocycles. The molecule has 1 aromatic carbocycles. The molecule has 1 aliphatic rings. The van der Waals surface area contributed by atoms with Crippen molar-refractivity contribution in [1.82, 2.24) is 4.31 Å². The van der Waals surface area contributed by atoms with Crippen LogP contribution in [-0.4, -0.2) is 31.6 Å². The van der Waals surface area contributed by atoms with E-state index in [0.29, 0.717) is 13.1 Å². The molecule has 0 heterocycles. The van der Waals surface area contributed by atoms with Gasteiger partial charge in [-0.05, 0) is 24.5 Å². The quantitative estimate of drug-likeness (QED) is 0.861. The van der Waals surface area contributed by atoms with Crippen LogP contribution in [0.15, 0.2) is 24.3 Å². The lowest BCUT2D eigenvalue weighted by atomic mass is 10.1. The molecule has 2 rings (SSSR count). The second kappa shape index (κ2) is 7.08. The monoisotopic (exact) mass is 306 g/mol. The number of hydrogen-bond donors (Lipinski definition) is 1. The van der Waals surface area contributed by atoms with Gasteiger partial charge in [-0.3, -0.25) is 0 Å². The van der Waals surface area contributed by atoms with Crippen molar-refractivity contribution in [3.63, 3.8) is 0 Å². The molecule has 0 amide bonds. The summed E-state index contributed by atoms with van der Waals surface area (Å²) in [6.45, 7) is 0.652. The van der Waals surface area contributed by atoms with E-state index in [0.717, 1.165) is 36.8 Å². The van der Waals surface area contributed by atoms with Crippen molar-refractivity contribution in [2.24, 2.45) is 5.73 Å². The first-order valence-corrected chi connectivity index (χ1v) is 8.78. The van der Waals surface area contributed by atoms with Gasteiger partial charge in [0.05, 0.1) is 11.8 Å². The Morgan fingerprint density at radius 2 is 1.95 bits per heavy atom. The number of nitrogens with zero attached hydrogens (tertiary/aromatic N) is 1. The second-order valence-electron chi connectivity index (χ2n) is 5.37. The molecule has 0 radical (unpaired) electrons. The lowest BCUT2D eigenvalue weighted by molar-refractivity contribution is 0.454. The van der Waals surface area contributed by atoms with Gasteiger partial charge in [-0.2, -0.15) is 0 Å². The lowest BCUT2D eigenvalue weighted by Gasteiger charge is -2.22. The Balaban J connectivity index is 2.17. The van der Waals surface area contributed by atoms with E-state index in [-0.39, 0.29) is 5.25 Å². The molecule has 0 bridgehead atoms. The average Bonchev–Trinajstić information content (AvgIpc) is 3.01. The maximum Gasteiger partial charge on any atom is 0.217 e. The van der Waals surface area contributed by atoms with Gasteiger partial charge in [-0.15, -0.1) is 0 Å². The summed E-state index contributed by atoms with van der Waals surface area (Å²) in [5.74, 6) is 5.82. The van der Waals surface area contributed by atoms with Crippen molar-refractivity contribution in [3.05, 3.63) is 35.4 Å². The van der Waals surface area contributed by atoms with Crippen LogP contribution in [0.1, 0.15) is 36.8 Å². The highest BCUT2D eigenvalue weighted by atomic mass is 32.2. The maximum absolute atomic E-state index is 12.5. The highest BCUT2D eigenvalue weighted by Crippen LogP contribution is 2.27. The molecule has 2 N–H and O–H groups in total. The zero-order chi connectivity index (χ0) is 15.3. The van der Waals surface area contributed by atoms with Gasteiger partial charge in [0.1, 0.15) is 0 Å². The van der Waals surface area contributed by atoms with Crippen molar-refractivity contribution >= 4 is 10.0 Å². The fraction of sp³-hybridized carbons (Fsp3) is 0.500. The molecule has 0 aromatic heterocycles. The van der Waals surface area contributed by atoms with E-state index in [1.165, 1.54) is 4.31 Å². The van der Waals surface area contributed by atoms with Crippen LogP contribution in [-0.2, 0) is 16.6 Å². The number of nitrogens with two attached hydrogens (primary N) is 1. The van der Waals surface area contributed by atoms with Gasteiger partial charge in [0.2, 0.25) is 10.0 Å². The number of hydrogen-bond acceptors (Lipinski definition) is 3. The first kappa shape index (κ1) is 16.0. The topological polar surface area (TPSA) is 63.4 Å². The Kier molecular flexibility index (Phi) is 5.40. The lowest BCUT2D eigenvalue weighted by Crippen LogP contribution is -2.34. The molecule has 21 heavy (non-hydrogen) atoms. The minimum atomic E-state index is -3.21. The first-order chi connectivity index (χ1) is 10.1. The Morgan fingerprint density at radius 3 is 2.62 bits per heavy atom. The number of sulfonamides is 1. The summed E-state index contributed by atoms with van der Waals surface area (Å²) in [6, 6.07) is 7.61. The Labute approximate surface area is 127 Å². The van der Waals surface area contributed by atoms with Crippen LogP contribution in [0.5, 0.6) is 0 Å². The summed E-state index contributed by atoms with van der Waals surface area (Å²) >= 11 is 0. The molecule has 4 nitrogen and oxygen atoms in total. The highest BCUT2D eigenvalue weighted by Gasteiger charge is 2.32. The molecular weight excluding hydrogens is 284 g/mol. The molecule has 1 saturated carbocycles. The zero-order valence-corrected chi connectivity index (χ0v) is 13.2. The summed E-state index contributed by atoms with van der Waals surface area (Å²) in [5.41, 5.74) is 7.16. The van der Waals surface area contributed by atoms with Crippen LogP contribution in [0.3, 0.4) is 0 Å². The third kappa shape index (κ3) is 3.85. The summed E-state index contributed by atoms with van der Waals surface area (Å²) in [4.78, 5) is 0. The summed E-state index contributed by atoms with van der Waals surface area (Å²) in [5, 5.41) is -0.218. The highest BCUT2D eigenvalue weighted by molar-refractivity contribution is 7.89. The van der Waals surface area contributed by atoms with Crippen LogP contribution in [0.4, 0.5) is 0 Å². The summed E-state index contributed by atoms with van der Waals surface area (Å²) < 4.78 is 26.5. The average molecular weight is 306 g/mol. The second-order valence-corrected chi connectivity index (χ2v) is 7.69. The van der Waals surface area contributed by atoms with Crippen molar-refractivity contribution in [1.29, 1.82) is 0 Å². The molecule has 0 aliphatic heterocycles. The largest absolute Gasteiger partial charge is 0.320 e. The smallest absolute Gasteiger partial charge is 0.217 e. The van der Waals surface area contributed by atoms with Gasteiger partial charge in [0, 0.05) is 19.2 Å². The van der Waals surface area contributed by atoms with Crippen LogP contribution < -0.4 is 5.73 Å². The van der Waals surface area contributed by atoms with Crippen LogP contribution in [0.25, 0.3) is 0 Å². The van der Waals surface area contributed by atoms with Gasteiger partial charge in [-0.1, -0.05) is 42.9 Å². The van der Waals surface area contributed by atoms with Gasteiger partial charge in [0.25, 0.3) is 0 Å². The predicted octanol–water partition coefficient (Wildman–Crippen LogP) is 1.70. The molecule has 0 atom stereocenters. The number of rotatable bonds is 4. The minimum absolute atomic E-state index is 0.218. The third-order valence-corrected chi connectivity index (χ3v) is 6.21. The summed E-state index contributed by atoms with van der Waals surface area (Å²) in [6.07, 6.45) is 3.58. The van der Waals surface area contributed by atoms with Crippen LogP contribution in [0, 0.1) is 11.8 Å². The van der Waals surface area contributed by atoms with E-state index in [4.69, 9.17) is 5.73 Å². The van der Waals surface area contributed by atoms with E-state index in [2.05, 4.69) is 11.8 Å². The number of benzene rings is 1. The molecule has 1 fully saturated rings. The third-order valence-electron chi connectivity index (χ3n) is 3.89. The molecule has 0 spiro atoms. The molecule has 5 heteroatoms. The molecule has 1 aromatic rings. The SMILES string of the molecule is CN(Cc1ccccc1C#CCN)S(=O)(=O)C1CCCC1. The van der Waals surface area contributed by atoms with Gasteiger partial charge in [0.15, 0.2) is 0 Å². The van der Waals surface area contributed by atoms with E-state index in [1.807, 2.05) is 24.3 Å². The van der Waals surface area contributed by atoms with Gasteiger partial charge in [-0.25, -0.2) is 12.7 Å². The maximum atomic E-state index is 12.5. The van der Waals surface area contributed by atoms with Crippen molar-refractivity contribution in [3.8, 4) is 11.8 Å². The molecule has 0 unspecified atom stereocenters. The van der Waals surface area contributed by atoms with Gasteiger partial charge >= 0.3 is 0 Å². The normalized spacial score (nSPS) is 16.0. The first-order valence-electron chi connectivity index (χ1n) is 7.27. The Morgan fingerprint density at radius 1 is 1.29 bits per heavy atom. The molecule has 0 saturated heterocycles. The van der Waals surface area contributed by atoms with Crippen molar-refractivity contribution in [2.75, 3.05) is 13.6 Å². The van der Waals surface area contributed by atoms with Crippen LogP contribution in [0.2, 0.25) is 0 Å². The Bertz CT molecular complexity index is 638. The fourth-order valence-corrected chi connectivity index (χ4v) is 4.45. The fourth-order valence-electron chi connectivity index (χ4n) is 2.70. The molecular formula is C16H22N2O2S. The van der Waals surface area contributed by atoms with E-state index in [1.54, 1.807) is 7.05 Å². The van der Waals surface area contributed by atoms with E-state index >= 15 is 0 Å². The minimum Gasteiger partial charge on any atom is -0.320 e. The van der Waals surface area contributed by atoms with Crippen LogP contribution >= 0.6 is 0 Å². The summed E-state index contributed by atoms with van der Waals surface area (Å²) in [7, 11) is -1.56. The van der Waals surface area contributed by atoms with E-state index in [9.17, 15) is 8.42 Å². The van der Waals surface area contributed by atoms with Crippen molar-refractivity contribution < 1.29 is 8.42 Å². The van der Waals surface area contributed by atoms with Crippen molar-refractivity contribution in [2.45, 2.75) is 37.5 Å². The Hall–Kier alpha value is -1.35.